The highest BCUT2D eigenvalue weighted by atomic mass is 16.5. The second-order valence-corrected chi connectivity index (χ2v) is 5.73. The number of benzene rings is 3. The maximum atomic E-state index is 10.8. The third-order valence-corrected chi connectivity index (χ3v) is 3.96. The van der Waals surface area contributed by atoms with Crippen LogP contribution in [0.4, 0.5) is 0 Å². The number of ether oxygens (including phenoxy) is 2. The summed E-state index contributed by atoms with van der Waals surface area (Å²) in [5.41, 5.74) is 0. The molecule has 0 heterocycles. The predicted octanol–water partition coefficient (Wildman–Crippen LogP) is 3.70. The molecular formula is C20H18O6. The van der Waals surface area contributed by atoms with Gasteiger partial charge in [0.05, 0.1) is 26.1 Å². The van der Waals surface area contributed by atoms with E-state index >= 15 is 0 Å². The lowest BCUT2D eigenvalue weighted by Crippen LogP contribution is -2.07. The average Bonchev–Trinajstić information content (AvgIpc) is 2.62. The summed E-state index contributed by atoms with van der Waals surface area (Å²) in [6, 6.07) is 15.0. The zero-order valence-corrected chi connectivity index (χ0v) is 14.0. The van der Waals surface area contributed by atoms with Gasteiger partial charge in [0, 0.05) is 21.5 Å². The van der Waals surface area contributed by atoms with Crippen molar-refractivity contribution in [3.8, 4) is 11.5 Å². The molecule has 0 aliphatic carbocycles. The van der Waals surface area contributed by atoms with Crippen molar-refractivity contribution < 1.29 is 29.3 Å². The molecule has 0 bridgehead atoms. The molecule has 0 spiro atoms. The molecule has 26 heavy (non-hydrogen) atoms. The van der Waals surface area contributed by atoms with E-state index < -0.39 is 11.9 Å². The minimum absolute atomic E-state index is 0.0581. The highest BCUT2D eigenvalue weighted by molar-refractivity contribution is 6.11. The van der Waals surface area contributed by atoms with Crippen LogP contribution < -0.4 is 9.47 Å². The summed E-state index contributed by atoms with van der Waals surface area (Å²) < 4.78 is 11.6. The number of hydrogen-bond acceptors (Lipinski definition) is 4. The Bertz CT molecular complexity index is 828. The molecule has 0 unspecified atom stereocenters. The Labute approximate surface area is 149 Å². The highest BCUT2D eigenvalue weighted by Gasteiger charge is 2.16. The lowest BCUT2D eigenvalue weighted by atomic mass is 10.0. The van der Waals surface area contributed by atoms with Gasteiger partial charge in [-0.15, -0.1) is 0 Å². The van der Waals surface area contributed by atoms with E-state index in [-0.39, 0.29) is 26.1 Å². The molecule has 0 saturated heterocycles. The Morgan fingerprint density at radius 1 is 0.654 bits per heavy atom. The van der Waals surface area contributed by atoms with Crippen LogP contribution in [0, 0.1) is 0 Å². The lowest BCUT2D eigenvalue weighted by Gasteiger charge is -2.17. The number of carboxylic acids is 2. The molecule has 0 aliphatic rings. The fourth-order valence-electron chi connectivity index (χ4n) is 2.84. The highest BCUT2D eigenvalue weighted by Crippen LogP contribution is 2.42. The Kier molecular flexibility index (Phi) is 5.22. The molecule has 0 fully saturated rings. The molecule has 3 rings (SSSR count). The van der Waals surface area contributed by atoms with Crippen molar-refractivity contribution in [3.63, 3.8) is 0 Å². The standard InChI is InChI=1S/C20H18O6/c21-17(22)9-11-25-19-13-5-1-2-6-14(13)20(26-12-10-18(23)24)16-8-4-3-7-15(16)19/h1-8H,9-12H2,(H,21,22)(H,23,24). The van der Waals surface area contributed by atoms with Gasteiger partial charge in [0.1, 0.15) is 11.5 Å². The molecule has 0 amide bonds. The molecule has 6 nitrogen and oxygen atoms in total. The summed E-state index contributed by atoms with van der Waals surface area (Å²) in [6.45, 7) is 0.116. The van der Waals surface area contributed by atoms with Crippen LogP contribution in [0.1, 0.15) is 12.8 Å². The summed E-state index contributed by atoms with van der Waals surface area (Å²) in [4.78, 5) is 21.6. The molecule has 2 N–H and O–H groups in total. The minimum Gasteiger partial charge on any atom is -0.492 e. The summed E-state index contributed by atoms with van der Waals surface area (Å²) in [7, 11) is 0. The molecule has 0 aliphatic heterocycles. The van der Waals surface area contributed by atoms with E-state index in [0.29, 0.717) is 11.5 Å². The van der Waals surface area contributed by atoms with Crippen LogP contribution in [-0.2, 0) is 9.59 Å². The van der Waals surface area contributed by atoms with E-state index in [1.807, 2.05) is 48.5 Å². The van der Waals surface area contributed by atoms with E-state index in [1.165, 1.54) is 0 Å². The number of carboxylic acid groups (broad SMARTS) is 2. The van der Waals surface area contributed by atoms with Crippen molar-refractivity contribution in [3.05, 3.63) is 48.5 Å². The predicted molar refractivity (Wildman–Crippen MR) is 96.9 cm³/mol. The molecule has 3 aromatic carbocycles. The van der Waals surface area contributed by atoms with Gasteiger partial charge in [0.15, 0.2) is 0 Å². The van der Waals surface area contributed by atoms with Gasteiger partial charge in [0.2, 0.25) is 0 Å². The maximum absolute atomic E-state index is 10.8. The monoisotopic (exact) mass is 354 g/mol. The zero-order valence-electron chi connectivity index (χ0n) is 14.0. The van der Waals surface area contributed by atoms with E-state index in [1.54, 1.807) is 0 Å². The first kappa shape index (κ1) is 17.5. The average molecular weight is 354 g/mol. The van der Waals surface area contributed by atoms with Gasteiger partial charge in [-0.25, -0.2) is 0 Å². The molecule has 6 heteroatoms. The summed E-state index contributed by atoms with van der Waals surface area (Å²) >= 11 is 0. The molecular weight excluding hydrogens is 336 g/mol. The smallest absolute Gasteiger partial charge is 0.306 e. The third-order valence-electron chi connectivity index (χ3n) is 3.96. The summed E-state index contributed by atoms with van der Waals surface area (Å²) in [5, 5.41) is 20.9. The van der Waals surface area contributed by atoms with Crippen LogP contribution in [-0.4, -0.2) is 35.4 Å². The second kappa shape index (κ2) is 7.74. The van der Waals surface area contributed by atoms with Gasteiger partial charge in [-0.3, -0.25) is 9.59 Å². The van der Waals surface area contributed by atoms with E-state index in [4.69, 9.17) is 19.7 Å². The van der Waals surface area contributed by atoms with Crippen LogP contribution >= 0.6 is 0 Å². The number of fused-ring (bicyclic) bond motifs is 2. The van der Waals surface area contributed by atoms with Crippen molar-refractivity contribution in [1.82, 2.24) is 0 Å². The maximum Gasteiger partial charge on any atom is 0.306 e. The zero-order chi connectivity index (χ0) is 18.5. The van der Waals surface area contributed by atoms with Crippen molar-refractivity contribution in [2.24, 2.45) is 0 Å². The van der Waals surface area contributed by atoms with Crippen molar-refractivity contribution in [2.75, 3.05) is 13.2 Å². The second-order valence-electron chi connectivity index (χ2n) is 5.73. The van der Waals surface area contributed by atoms with Crippen LogP contribution in [0.25, 0.3) is 21.5 Å². The van der Waals surface area contributed by atoms with Gasteiger partial charge in [-0.05, 0) is 0 Å². The van der Waals surface area contributed by atoms with Gasteiger partial charge >= 0.3 is 11.9 Å². The van der Waals surface area contributed by atoms with E-state index in [2.05, 4.69) is 0 Å². The van der Waals surface area contributed by atoms with E-state index in [9.17, 15) is 9.59 Å². The van der Waals surface area contributed by atoms with Crippen molar-refractivity contribution in [2.45, 2.75) is 12.8 Å². The minimum atomic E-state index is -0.924. The van der Waals surface area contributed by atoms with Crippen LogP contribution in [0.2, 0.25) is 0 Å². The fourth-order valence-corrected chi connectivity index (χ4v) is 2.84. The van der Waals surface area contributed by atoms with E-state index in [0.717, 1.165) is 21.5 Å². The molecule has 0 radical (unpaired) electrons. The molecule has 0 saturated carbocycles. The van der Waals surface area contributed by atoms with Gasteiger partial charge in [-0.1, -0.05) is 48.5 Å². The Hall–Kier alpha value is -3.28. The van der Waals surface area contributed by atoms with Crippen molar-refractivity contribution in [1.29, 1.82) is 0 Å². The Morgan fingerprint density at radius 2 is 0.962 bits per heavy atom. The first-order valence-electron chi connectivity index (χ1n) is 8.20. The first-order chi connectivity index (χ1) is 12.6. The first-order valence-corrected chi connectivity index (χ1v) is 8.20. The van der Waals surface area contributed by atoms with Gasteiger partial charge in [0.25, 0.3) is 0 Å². The molecule has 0 atom stereocenters. The number of rotatable bonds is 8. The quantitative estimate of drug-likeness (QED) is 0.599. The summed E-state index contributed by atoms with van der Waals surface area (Å²) in [6.07, 6.45) is -0.195. The Balaban J connectivity index is 2.11. The number of carbonyl (C=O) groups is 2. The van der Waals surface area contributed by atoms with Crippen LogP contribution in [0.15, 0.2) is 48.5 Å². The van der Waals surface area contributed by atoms with Gasteiger partial charge < -0.3 is 19.7 Å². The number of aliphatic carboxylic acids is 2. The lowest BCUT2D eigenvalue weighted by molar-refractivity contribution is -0.138. The van der Waals surface area contributed by atoms with Crippen LogP contribution in [0.3, 0.4) is 0 Å². The molecule has 3 aromatic rings. The fraction of sp³-hybridized carbons (Fsp3) is 0.200. The topological polar surface area (TPSA) is 93.1 Å². The molecule has 134 valence electrons. The van der Waals surface area contributed by atoms with Crippen LogP contribution in [0.5, 0.6) is 11.5 Å². The largest absolute Gasteiger partial charge is 0.492 e. The normalized spacial score (nSPS) is 10.8. The van der Waals surface area contributed by atoms with Crippen molar-refractivity contribution >= 4 is 33.5 Å². The molecule has 0 aromatic heterocycles. The third kappa shape index (κ3) is 3.69. The van der Waals surface area contributed by atoms with Gasteiger partial charge in [-0.2, -0.15) is 0 Å². The summed E-state index contributed by atoms with van der Waals surface area (Å²) in [5.74, 6) is -0.648. The SMILES string of the molecule is O=C(O)CCOc1c2ccccc2c(OCCC(=O)O)c2ccccc12. The number of hydrogen-bond donors (Lipinski definition) is 2. The Morgan fingerprint density at radius 3 is 1.23 bits per heavy atom.